The van der Waals surface area contributed by atoms with E-state index in [1.165, 1.54) is 0 Å². The van der Waals surface area contributed by atoms with Gasteiger partial charge in [0.2, 0.25) is 0 Å². The first-order valence-corrected chi connectivity index (χ1v) is 6.19. The number of aliphatic hydroxyl groups excluding tert-OH is 2. The number of benzene rings is 2. The number of rotatable bonds is 5. The van der Waals surface area contributed by atoms with Gasteiger partial charge >= 0.3 is 0 Å². The molecule has 0 fully saturated rings. The Balaban J connectivity index is 1.91. The van der Waals surface area contributed by atoms with Gasteiger partial charge < -0.3 is 10.2 Å². The summed E-state index contributed by atoms with van der Waals surface area (Å²) in [6.07, 6.45) is -0.496. The molecule has 2 atom stereocenters. The Morgan fingerprint density at radius 2 is 0.944 bits per heavy atom. The van der Waals surface area contributed by atoms with Gasteiger partial charge in [-0.3, -0.25) is 0 Å². The van der Waals surface area contributed by atoms with E-state index in [1.807, 2.05) is 60.7 Å². The summed E-state index contributed by atoms with van der Waals surface area (Å²) in [5.74, 6) is 0. The molecule has 0 heterocycles. The van der Waals surface area contributed by atoms with Crippen LogP contribution >= 0.6 is 0 Å². The Bertz CT molecular complexity index is 408. The molecule has 2 aromatic rings. The molecule has 0 saturated heterocycles. The fraction of sp³-hybridized carbons (Fsp3) is 0.250. The molecule has 0 amide bonds. The van der Waals surface area contributed by atoms with E-state index in [1.54, 1.807) is 0 Å². The Hall–Kier alpha value is -1.64. The third-order valence-electron chi connectivity index (χ3n) is 3.02. The van der Waals surface area contributed by atoms with E-state index in [4.69, 9.17) is 0 Å². The second kappa shape index (κ2) is 6.34. The highest BCUT2D eigenvalue weighted by atomic mass is 16.3. The molecule has 0 aliphatic heterocycles. The first-order chi connectivity index (χ1) is 8.75. The first kappa shape index (κ1) is 12.8. The van der Waals surface area contributed by atoms with Gasteiger partial charge in [0, 0.05) is 12.8 Å². The van der Waals surface area contributed by atoms with Crippen LogP contribution in [0, 0.1) is 0 Å². The van der Waals surface area contributed by atoms with Gasteiger partial charge in [0.1, 0.15) is 0 Å². The molecule has 2 heteroatoms. The van der Waals surface area contributed by atoms with Crippen LogP contribution in [0.3, 0.4) is 0 Å². The lowest BCUT2D eigenvalue weighted by atomic mass is 9.99. The van der Waals surface area contributed by atoms with E-state index in [9.17, 15) is 10.2 Å². The van der Waals surface area contributed by atoms with Crippen LogP contribution in [0.5, 0.6) is 0 Å². The van der Waals surface area contributed by atoms with Crippen LogP contribution in [0.1, 0.15) is 11.1 Å². The molecule has 0 saturated carbocycles. The highest BCUT2D eigenvalue weighted by Gasteiger charge is 2.16. The molecule has 2 nitrogen and oxygen atoms in total. The van der Waals surface area contributed by atoms with Crippen LogP contribution in [0.2, 0.25) is 0 Å². The molecule has 2 N–H and O–H groups in total. The van der Waals surface area contributed by atoms with Crippen LogP contribution in [0.25, 0.3) is 0 Å². The Labute approximate surface area is 108 Å². The van der Waals surface area contributed by atoms with Crippen molar-refractivity contribution in [3.8, 4) is 0 Å². The maximum Gasteiger partial charge on any atom is 0.0842 e. The predicted octanol–water partition coefficient (Wildman–Crippen LogP) is 2.19. The fourth-order valence-corrected chi connectivity index (χ4v) is 1.98. The van der Waals surface area contributed by atoms with E-state index < -0.39 is 12.2 Å². The molecule has 0 bridgehead atoms. The molecule has 0 radical (unpaired) electrons. The van der Waals surface area contributed by atoms with Crippen LogP contribution in [0.4, 0.5) is 0 Å². The van der Waals surface area contributed by atoms with Gasteiger partial charge in [0.05, 0.1) is 12.2 Å². The number of hydrogen-bond donors (Lipinski definition) is 2. The second-order valence-electron chi connectivity index (χ2n) is 4.51. The third kappa shape index (κ3) is 3.69. The van der Waals surface area contributed by atoms with Gasteiger partial charge in [-0.2, -0.15) is 0 Å². The number of hydrogen-bond acceptors (Lipinski definition) is 2. The molecule has 94 valence electrons. The molecule has 0 spiro atoms. The van der Waals surface area contributed by atoms with Crippen molar-refractivity contribution in [3.05, 3.63) is 71.8 Å². The monoisotopic (exact) mass is 242 g/mol. The SMILES string of the molecule is OC(Cc1ccccc1)C(O)Cc1ccccc1. The molecule has 2 aromatic carbocycles. The van der Waals surface area contributed by atoms with Crippen molar-refractivity contribution in [2.45, 2.75) is 25.0 Å². The smallest absolute Gasteiger partial charge is 0.0842 e. The van der Waals surface area contributed by atoms with Crippen molar-refractivity contribution in [1.29, 1.82) is 0 Å². The zero-order valence-electron chi connectivity index (χ0n) is 10.2. The number of aliphatic hydroxyl groups is 2. The van der Waals surface area contributed by atoms with E-state index in [0.29, 0.717) is 12.8 Å². The predicted molar refractivity (Wildman–Crippen MR) is 72.3 cm³/mol. The van der Waals surface area contributed by atoms with Crippen LogP contribution in [-0.2, 0) is 12.8 Å². The standard InChI is InChI=1S/C16H18O2/c17-15(11-13-7-3-1-4-8-13)16(18)12-14-9-5-2-6-10-14/h1-10,15-18H,11-12H2. The van der Waals surface area contributed by atoms with Crippen molar-refractivity contribution in [1.82, 2.24) is 0 Å². The van der Waals surface area contributed by atoms with Crippen molar-refractivity contribution >= 4 is 0 Å². The second-order valence-corrected chi connectivity index (χ2v) is 4.51. The Morgan fingerprint density at radius 1 is 0.611 bits per heavy atom. The van der Waals surface area contributed by atoms with Crippen LogP contribution < -0.4 is 0 Å². The van der Waals surface area contributed by atoms with E-state index in [2.05, 4.69) is 0 Å². The molecular formula is C16H18O2. The highest BCUT2D eigenvalue weighted by molar-refractivity contribution is 5.18. The maximum absolute atomic E-state index is 9.98. The summed E-state index contributed by atoms with van der Waals surface area (Å²) in [6.45, 7) is 0. The normalized spacial score (nSPS) is 14.1. The molecule has 2 unspecified atom stereocenters. The Morgan fingerprint density at radius 3 is 1.28 bits per heavy atom. The lowest BCUT2D eigenvalue weighted by Crippen LogP contribution is -2.29. The minimum atomic E-state index is -0.729. The van der Waals surface area contributed by atoms with Gasteiger partial charge in [-0.25, -0.2) is 0 Å². The molecule has 18 heavy (non-hydrogen) atoms. The topological polar surface area (TPSA) is 40.5 Å². The lowest BCUT2D eigenvalue weighted by Gasteiger charge is -2.18. The average molecular weight is 242 g/mol. The molecule has 0 aromatic heterocycles. The quantitative estimate of drug-likeness (QED) is 0.843. The fourth-order valence-electron chi connectivity index (χ4n) is 1.98. The Kier molecular flexibility index (Phi) is 4.51. The average Bonchev–Trinajstić information content (AvgIpc) is 2.41. The summed E-state index contributed by atoms with van der Waals surface area (Å²) >= 11 is 0. The van der Waals surface area contributed by atoms with E-state index in [0.717, 1.165) is 11.1 Å². The van der Waals surface area contributed by atoms with Crippen molar-refractivity contribution < 1.29 is 10.2 Å². The summed E-state index contributed by atoms with van der Waals surface area (Å²) < 4.78 is 0. The molecule has 2 rings (SSSR count). The van der Waals surface area contributed by atoms with Gasteiger partial charge in [-0.15, -0.1) is 0 Å². The van der Waals surface area contributed by atoms with Gasteiger partial charge in [-0.1, -0.05) is 60.7 Å². The summed E-state index contributed by atoms with van der Waals surface area (Å²) in [4.78, 5) is 0. The molecular weight excluding hydrogens is 224 g/mol. The van der Waals surface area contributed by atoms with E-state index in [-0.39, 0.29) is 0 Å². The van der Waals surface area contributed by atoms with E-state index >= 15 is 0 Å². The summed E-state index contributed by atoms with van der Waals surface area (Å²) in [6, 6.07) is 19.5. The summed E-state index contributed by atoms with van der Waals surface area (Å²) in [5.41, 5.74) is 2.08. The van der Waals surface area contributed by atoms with Gasteiger partial charge in [-0.05, 0) is 11.1 Å². The van der Waals surface area contributed by atoms with Crippen molar-refractivity contribution in [3.63, 3.8) is 0 Å². The zero-order valence-corrected chi connectivity index (χ0v) is 10.2. The summed E-state index contributed by atoms with van der Waals surface area (Å²) in [7, 11) is 0. The maximum atomic E-state index is 9.98. The van der Waals surface area contributed by atoms with Crippen LogP contribution in [-0.4, -0.2) is 22.4 Å². The van der Waals surface area contributed by atoms with Crippen LogP contribution in [0.15, 0.2) is 60.7 Å². The highest BCUT2D eigenvalue weighted by Crippen LogP contribution is 2.10. The zero-order chi connectivity index (χ0) is 12.8. The van der Waals surface area contributed by atoms with Gasteiger partial charge in [0.25, 0.3) is 0 Å². The molecule has 0 aliphatic carbocycles. The molecule has 0 aliphatic rings. The largest absolute Gasteiger partial charge is 0.390 e. The first-order valence-electron chi connectivity index (χ1n) is 6.19. The van der Waals surface area contributed by atoms with Crippen molar-refractivity contribution in [2.24, 2.45) is 0 Å². The minimum absolute atomic E-state index is 0.481. The van der Waals surface area contributed by atoms with Gasteiger partial charge in [0.15, 0.2) is 0 Å². The summed E-state index contributed by atoms with van der Waals surface area (Å²) in [5, 5.41) is 20.0. The van der Waals surface area contributed by atoms with Crippen molar-refractivity contribution in [2.75, 3.05) is 0 Å². The minimum Gasteiger partial charge on any atom is -0.390 e. The lowest BCUT2D eigenvalue weighted by molar-refractivity contribution is 0.0206. The third-order valence-corrected chi connectivity index (χ3v) is 3.02.